The van der Waals surface area contributed by atoms with Gasteiger partial charge in [0, 0.05) is 23.7 Å². The third-order valence-corrected chi connectivity index (χ3v) is 5.52. The number of fused-ring (bicyclic) bond motifs is 1. The first-order chi connectivity index (χ1) is 15.1. The molecule has 1 atom stereocenters. The van der Waals surface area contributed by atoms with Crippen LogP contribution in [0.2, 0.25) is 5.02 Å². The van der Waals surface area contributed by atoms with Crippen LogP contribution in [0.3, 0.4) is 0 Å². The van der Waals surface area contributed by atoms with Gasteiger partial charge in [-0.1, -0.05) is 11.6 Å². The fourth-order valence-electron chi connectivity index (χ4n) is 3.70. The normalized spacial score (nSPS) is 16.1. The summed E-state index contributed by atoms with van der Waals surface area (Å²) in [6.07, 6.45) is 2.18. The number of nitrogen functional groups attached to an aromatic ring is 1. The van der Waals surface area contributed by atoms with Crippen molar-refractivity contribution < 1.29 is 9.13 Å². The van der Waals surface area contributed by atoms with E-state index < -0.39 is 0 Å². The Morgan fingerprint density at radius 1 is 1.13 bits per heavy atom. The molecule has 1 aliphatic heterocycles. The number of benzene rings is 2. The van der Waals surface area contributed by atoms with E-state index in [1.807, 2.05) is 12.1 Å². The molecule has 0 unspecified atom stereocenters. The van der Waals surface area contributed by atoms with Crippen molar-refractivity contribution in [2.75, 3.05) is 24.2 Å². The summed E-state index contributed by atoms with van der Waals surface area (Å²) < 4.78 is 20.8. The van der Waals surface area contributed by atoms with E-state index in [1.54, 1.807) is 28.9 Å². The van der Waals surface area contributed by atoms with Crippen molar-refractivity contribution in [2.45, 2.75) is 18.9 Å². The Balaban J connectivity index is 1.62. The standard InChI is InChI=1S/C22H20ClFN6O/c23-14-5-9-16(10-6-14)30-20(25)18-19(13-3-7-15(24)8-4-13)27-22(28-21(18)29-30)26-12-17-2-1-11-31-17/h3-10,17H,1-2,11-12,25H2,(H,26,28,29)/t17-/m1/s1. The van der Waals surface area contributed by atoms with Crippen LogP contribution in [0.15, 0.2) is 48.5 Å². The molecule has 3 N–H and O–H groups in total. The maximum absolute atomic E-state index is 13.5. The third-order valence-electron chi connectivity index (χ3n) is 5.27. The molecular weight excluding hydrogens is 419 g/mol. The minimum absolute atomic E-state index is 0.130. The Labute approximate surface area is 183 Å². The number of nitrogens with zero attached hydrogens (tertiary/aromatic N) is 4. The quantitative estimate of drug-likeness (QED) is 0.478. The highest BCUT2D eigenvalue weighted by atomic mass is 35.5. The Hall–Kier alpha value is -3.23. The van der Waals surface area contributed by atoms with Crippen LogP contribution >= 0.6 is 11.6 Å². The van der Waals surface area contributed by atoms with Crippen LogP contribution in [0.5, 0.6) is 0 Å². The second kappa shape index (κ2) is 8.13. The first-order valence-electron chi connectivity index (χ1n) is 10.0. The molecule has 31 heavy (non-hydrogen) atoms. The van der Waals surface area contributed by atoms with E-state index in [-0.39, 0.29) is 11.9 Å². The molecule has 3 heterocycles. The van der Waals surface area contributed by atoms with Gasteiger partial charge in [-0.25, -0.2) is 14.1 Å². The predicted octanol–water partition coefficient (Wildman–Crippen LogP) is 4.45. The van der Waals surface area contributed by atoms with E-state index in [2.05, 4.69) is 20.4 Å². The molecule has 1 saturated heterocycles. The number of ether oxygens (including phenoxy) is 1. The highest BCUT2D eigenvalue weighted by Gasteiger charge is 2.21. The number of aromatic nitrogens is 4. The minimum Gasteiger partial charge on any atom is -0.383 e. The van der Waals surface area contributed by atoms with Gasteiger partial charge in [0.1, 0.15) is 11.6 Å². The summed E-state index contributed by atoms with van der Waals surface area (Å²) in [4.78, 5) is 9.26. The molecule has 4 aromatic rings. The maximum atomic E-state index is 13.5. The Morgan fingerprint density at radius 3 is 2.61 bits per heavy atom. The van der Waals surface area contributed by atoms with Crippen molar-refractivity contribution in [2.24, 2.45) is 0 Å². The van der Waals surface area contributed by atoms with Gasteiger partial charge in [-0.05, 0) is 61.4 Å². The van der Waals surface area contributed by atoms with Gasteiger partial charge in [-0.15, -0.1) is 5.10 Å². The van der Waals surface area contributed by atoms with Crippen LogP contribution < -0.4 is 11.1 Å². The van der Waals surface area contributed by atoms with Crippen molar-refractivity contribution >= 4 is 34.4 Å². The molecule has 5 rings (SSSR count). The van der Waals surface area contributed by atoms with Crippen molar-refractivity contribution in [3.05, 3.63) is 59.4 Å². The summed E-state index contributed by atoms with van der Waals surface area (Å²) in [6, 6.07) is 13.3. The summed E-state index contributed by atoms with van der Waals surface area (Å²) in [5, 5.41) is 9.07. The van der Waals surface area contributed by atoms with Crippen LogP contribution in [0.25, 0.3) is 28.0 Å². The molecule has 1 fully saturated rings. The van der Waals surface area contributed by atoms with Crippen molar-refractivity contribution in [3.63, 3.8) is 0 Å². The zero-order chi connectivity index (χ0) is 21.4. The number of hydrogen-bond donors (Lipinski definition) is 2. The topological polar surface area (TPSA) is 90.9 Å². The van der Waals surface area contributed by atoms with Crippen LogP contribution in [-0.4, -0.2) is 39.0 Å². The largest absolute Gasteiger partial charge is 0.383 e. The smallest absolute Gasteiger partial charge is 0.225 e. The summed E-state index contributed by atoms with van der Waals surface area (Å²) in [7, 11) is 0. The molecule has 1 aliphatic rings. The molecule has 2 aromatic carbocycles. The lowest BCUT2D eigenvalue weighted by Gasteiger charge is -2.12. The van der Waals surface area contributed by atoms with Crippen molar-refractivity contribution in [1.82, 2.24) is 19.7 Å². The highest BCUT2D eigenvalue weighted by molar-refractivity contribution is 6.30. The summed E-state index contributed by atoms with van der Waals surface area (Å²) >= 11 is 6.01. The maximum Gasteiger partial charge on any atom is 0.225 e. The zero-order valence-corrected chi connectivity index (χ0v) is 17.3. The SMILES string of the molecule is Nc1c2c(-c3ccc(F)cc3)nc(NC[C@H]3CCCO3)nc2nn1-c1ccc(Cl)cc1. The molecule has 158 valence electrons. The van der Waals surface area contributed by atoms with E-state index in [9.17, 15) is 4.39 Å². The molecule has 7 nitrogen and oxygen atoms in total. The lowest BCUT2D eigenvalue weighted by Crippen LogP contribution is -2.19. The second-order valence-corrected chi connectivity index (χ2v) is 7.83. The molecule has 0 aliphatic carbocycles. The molecule has 0 saturated carbocycles. The van der Waals surface area contributed by atoms with Gasteiger partial charge in [-0.3, -0.25) is 0 Å². The van der Waals surface area contributed by atoms with E-state index in [0.717, 1.165) is 30.7 Å². The van der Waals surface area contributed by atoms with Gasteiger partial charge < -0.3 is 15.8 Å². The number of hydrogen-bond acceptors (Lipinski definition) is 6. The average Bonchev–Trinajstić information content (AvgIpc) is 3.41. The van der Waals surface area contributed by atoms with E-state index in [4.69, 9.17) is 22.1 Å². The monoisotopic (exact) mass is 438 g/mol. The molecule has 9 heteroatoms. The Kier molecular flexibility index (Phi) is 5.17. The first kappa shape index (κ1) is 19.7. The second-order valence-electron chi connectivity index (χ2n) is 7.39. The van der Waals surface area contributed by atoms with Crippen LogP contribution in [0, 0.1) is 5.82 Å². The lowest BCUT2D eigenvalue weighted by molar-refractivity contribution is 0.120. The fraction of sp³-hybridized carbons (Fsp3) is 0.227. The first-order valence-corrected chi connectivity index (χ1v) is 10.4. The highest BCUT2D eigenvalue weighted by Crippen LogP contribution is 2.33. The Bertz CT molecular complexity index is 1220. The number of halogens is 2. The summed E-state index contributed by atoms with van der Waals surface area (Å²) in [5.74, 6) is 0.487. The Morgan fingerprint density at radius 2 is 1.90 bits per heavy atom. The fourth-order valence-corrected chi connectivity index (χ4v) is 3.82. The van der Waals surface area contributed by atoms with Gasteiger partial charge in [0.25, 0.3) is 0 Å². The molecule has 0 bridgehead atoms. The molecule has 2 aromatic heterocycles. The number of nitrogens with one attached hydrogen (secondary N) is 1. The molecule has 0 radical (unpaired) electrons. The van der Waals surface area contributed by atoms with Gasteiger partial charge in [0.05, 0.1) is 22.9 Å². The number of rotatable bonds is 5. The van der Waals surface area contributed by atoms with Gasteiger partial charge in [0.2, 0.25) is 5.95 Å². The number of nitrogens with two attached hydrogens (primary N) is 1. The molecule has 0 spiro atoms. The van der Waals surface area contributed by atoms with Crippen LogP contribution in [-0.2, 0) is 4.74 Å². The molecular formula is C22H20ClFN6O. The van der Waals surface area contributed by atoms with Gasteiger partial charge >= 0.3 is 0 Å². The summed E-state index contributed by atoms with van der Waals surface area (Å²) in [5.41, 5.74) is 8.96. The number of anilines is 2. The van der Waals surface area contributed by atoms with E-state index in [1.165, 1.54) is 12.1 Å². The zero-order valence-electron chi connectivity index (χ0n) is 16.6. The van der Waals surface area contributed by atoms with Crippen LogP contribution in [0.4, 0.5) is 16.2 Å². The van der Waals surface area contributed by atoms with Crippen LogP contribution in [0.1, 0.15) is 12.8 Å². The van der Waals surface area contributed by atoms with Crippen molar-refractivity contribution in [1.29, 1.82) is 0 Å². The predicted molar refractivity (Wildman–Crippen MR) is 119 cm³/mol. The average molecular weight is 439 g/mol. The molecule has 0 amide bonds. The minimum atomic E-state index is -0.324. The van der Waals surface area contributed by atoms with E-state index >= 15 is 0 Å². The summed E-state index contributed by atoms with van der Waals surface area (Å²) in [6.45, 7) is 1.37. The van der Waals surface area contributed by atoms with Crippen molar-refractivity contribution in [3.8, 4) is 16.9 Å². The van der Waals surface area contributed by atoms with Gasteiger partial charge in [0.15, 0.2) is 5.65 Å². The lowest BCUT2D eigenvalue weighted by atomic mass is 10.1. The van der Waals surface area contributed by atoms with E-state index in [0.29, 0.717) is 40.1 Å². The third kappa shape index (κ3) is 3.92. The van der Waals surface area contributed by atoms with Gasteiger partial charge in [-0.2, -0.15) is 4.98 Å².